The van der Waals surface area contributed by atoms with Gasteiger partial charge in [-0.05, 0) is 48.3 Å². The standard InChI is InChI=1S/C15H22N2S/c16-10-15(13-7-9-18-11-13)17-8-3-5-12-4-1-2-6-14(12)17/h1-2,4,6,13,15H,3,5,7-11,16H2. The normalized spacial score (nSPS) is 24.9. The van der Waals surface area contributed by atoms with Gasteiger partial charge in [0.25, 0.3) is 0 Å². The second-order valence-electron chi connectivity index (χ2n) is 5.35. The van der Waals surface area contributed by atoms with Gasteiger partial charge in [0.1, 0.15) is 0 Å². The van der Waals surface area contributed by atoms with E-state index in [-0.39, 0.29) is 0 Å². The van der Waals surface area contributed by atoms with Crippen LogP contribution < -0.4 is 10.6 Å². The van der Waals surface area contributed by atoms with E-state index in [1.807, 2.05) is 0 Å². The summed E-state index contributed by atoms with van der Waals surface area (Å²) in [6.45, 7) is 1.97. The maximum atomic E-state index is 6.09. The molecule has 2 aliphatic heterocycles. The highest BCUT2D eigenvalue weighted by Gasteiger charge is 2.31. The van der Waals surface area contributed by atoms with E-state index in [1.165, 1.54) is 48.6 Å². The highest BCUT2D eigenvalue weighted by atomic mass is 32.2. The lowest BCUT2D eigenvalue weighted by Crippen LogP contribution is -2.48. The molecular formula is C15H22N2S. The molecule has 0 saturated carbocycles. The molecule has 0 radical (unpaired) electrons. The number of rotatable bonds is 3. The van der Waals surface area contributed by atoms with Gasteiger partial charge in [0.2, 0.25) is 0 Å². The molecule has 0 aromatic heterocycles. The second kappa shape index (κ2) is 5.54. The summed E-state index contributed by atoms with van der Waals surface area (Å²) < 4.78 is 0. The van der Waals surface area contributed by atoms with Crippen molar-refractivity contribution in [2.24, 2.45) is 11.7 Å². The molecule has 1 fully saturated rings. The van der Waals surface area contributed by atoms with Crippen molar-refractivity contribution in [2.45, 2.75) is 25.3 Å². The predicted molar refractivity (Wildman–Crippen MR) is 80.4 cm³/mol. The zero-order valence-corrected chi connectivity index (χ0v) is 11.7. The number of thioether (sulfide) groups is 1. The van der Waals surface area contributed by atoms with Gasteiger partial charge in [-0.1, -0.05) is 18.2 Å². The number of aryl methyl sites for hydroxylation is 1. The van der Waals surface area contributed by atoms with Crippen LogP contribution in [0.4, 0.5) is 5.69 Å². The van der Waals surface area contributed by atoms with E-state index in [4.69, 9.17) is 5.73 Å². The molecule has 98 valence electrons. The summed E-state index contributed by atoms with van der Waals surface area (Å²) in [5.74, 6) is 3.39. The topological polar surface area (TPSA) is 29.3 Å². The Morgan fingerprint density at radius 1 is 1.39 bits per heavy atom. The second-order valence-corrected chi connectivity index (χ2v) is 6.50. The minimum atomic E-state index is 0.543. The minimum absolute atomic E-state index is 0.543. The monoisotopic (exact) mass is 262 g/mol. The number of nitrogens with two attached hydrogens (primary N) is 1. The summed E-state index contributed by atoms with van der Waals surface area (Å²) in [5, 5.41) is 0. The molecule has 0 bridgehead atoms. The van der Waals surface area contributed by atoms with Gasteiger partial charge in [-0.2, -0.15) is 11.8 Å². The van der Waals surface area contributed by atoms with Crippen LogP contribution in [0.3, 0.4) is 0 Å². The van der Waals surface area contributed by atoms with E-state index < -0.39 is 0 Å². The lowest BCUT2D eigenvalue weighted by atomic mass is 9.93. The maximum Gasteiger partial charge on any atom is 0.0448 e. The fraction of sp³-hybridized carbons (Fsp3) is 0.600. The van der Waals surface area contributed by atoms with Gasteiger partial charge >= 0.3 is 0 Å². The molecule has 0 aliphatic carbocycles. The van der Waals surface area contributed by atoms with Crippen LogP contribution in [0, 0.1) is 5.92 Å². The molecule has 1 aromatic rings. The molecule has 1 aromatic carbocycles. The van der Waals surface area contributed by atoms with Crippen molar-refractivity contribution in [3.63, 3.8) is 0 Å². The average molecular weight is 262 g/mol. The highest BCUT2D eigenvalue weighted by Crippen LogP contribution is 2.34. The molecule has 2 atom stereocenters. The van der Waals surface area contributed by atoms with Gasteiger partial charge < -0.3 is 10.6 Å². The van der Waals surface area contributed by atoms with Gasteiger partial charge in [0.05, 0.1) is 0 Å². The Bertz CT molecular complexity index is 401. The number of anilines is 1. The molecular weight excluding hydrogens is 240 g/mol. The third-order valence-corrected chi connectivity index (χ3v) is 5.49. The van der Waals surface area contributed by atoms with Crippen molar-refractivity contribution in [1.82, 2.24) is 0 Å². The Morgan fingerprint density at radius 2 is 2.28 bits per heavy atom. The van der Waals surface area contributed by atoms with Crippen LogP contribution in [-0.2, 0) is 6.42 Å². The minimum Gasteiger partial charge on any atom is -0.367 e. The molecule has 0 amide bonds. The van der Waals surface area contributed by atoms with Gasteiger partial charge in [-0.3, -0.25) is 0 Å². The Kier molecular flexibility index (Phi) is 3.80. The van der Waals surface area contributed by atoms with Gasteiger partial charge in [-0.25, -0.2) is 0 Å². The first-order valence-electron chi connectivity index (χ1n) is 7.02. The summed E-state index contributed by atoms with van der Waals surface area (Å²) in [5.41, 5.74) is 9.04. The summed E-state index contributed by atoms with van der Waals surface area (Å²) >= 11 is 2.09. The SMILES string of the molecule is NCC(C1CCSC1)N1CCCc2ccccc21. The molecule has 1 saturated heterocycles. The number of fused-ring (bicyclic) bond motifs is 1. The van der Waals surface area contributed by atoms with Crippen LogP contribution in [0.15, 0.2) is 24.3 Å². The Balaban J connectivity index is 1.87. The molecule has 2 unspecified atom stereocenters. The molecule has 0 spiro atoms. The van der Waals surface area contributed by atoms with Crippen molar-refractivity contribution in [3.05, 3.63) is 29.8 Å². The highest BCUT2D eigenvalue weighted by molar-refractivity contribution is 7.99. The van der Waals surface area contributed by atoms with Crippen molar-refractivity contribution in [1.29, 1.82) is 0 Å². The zero-order chi connectivity index (χ0) is 12.4. The van der Waals surface area contributed by atoms with Crippen LogP contribution in [-0.4, -0.2) is 30.6 Å². The van der Waals surface area contributed by atoms with E-state index >= 15 is 0 Å². The van der Waals surface area contributed by atoms with Crippen LogP contribution in [0.25, 0.3) is 0 Å². The van der Waals surface area contributed by atoms with Crippen molar-refractivity contribution in [3.8, 4) is 0 Å². The number of benzene rings is 1. The van der Waals surface area contributed by atoms with Gasteiger partial charge in [-0.15, -0.1) is 0 Å². The van der Waals surface area contributed by atoms with Crippen LogP contribution in [0.2, 0.25) is 0 Å². The predicted octanol–water partition coefficient (Wildman–Crippen LogP) is 2.52. The average Bonchev–Trinajstić information content (AvgIpc) is 2.94. The lowest BCUT2D eigenvalue weighted by molar-refractivity contribution is 0.428. The summed E-state index contributed by atoms with van der Waals surface area (Å²) in [6, 6.07) is 9.42. The van der Waals surface area contributed by atoms with Crippen LogP contribution in [0.1, 0.15) is 18.4 Å². The smallest absolute Gasteiger partial charge is 0.0448 e. The molecule has 3 rings (SSSR count). The number of hydrogen-bond donors (Lipinski definition) is 1. The first-order valence-corrected chi connectivity index (χ1v) is 8.18. The fourth-order valence-corrected chi connectivity index (χ4v) is 4.67. The number of nitrogens with zero attached hydrogens (tertiary/aromatic N) is 1. The Morgan fingerprint density at radius 3 is 3.06 bits per heavy atom. The van der Waals surface area contributed by atoms with Crippen LogP contribution >= 0.6 is 11.8 Å². The van der Waals surface area contributed by atoms with E-state index in [0.717, 1.165) is 12.5 Å². The van der Waals surface area contributed by atoms with Crippen molar-refractivity contribution < 1.29 is 0 Å². The van der Waals surface area contributed by atoms with E-state index in [2.05, 4.69) is 40.9 Å². The third kappa shape index (κ3) is 2.26. The largest absolute Gasteiger partial charge is 0.367 e. The lowest BCUT2D eigenvalue weighted by Gasteiger charge is -2.40. The summed E-state index contributed by atoms with van der Waals surface area (Å²) in [7, 11) is 0. The molecule has 18 heavy (non-hydrogen) atoms. The van der Waals surface area contributed by atoms with E-state index in [0.29, 0.717) is 6.04 Å². The molecule has 2 aliphatic rings. The molecule has 2 N–H and O–H groups in total. The Labute approximate surface area is 114 Å². The first kappa shape index (κ1) is 12.4. The zero-order valence-electron chi connectivity index (χ0n) is 10.8. The van der Waals surface area contributed by atoms with E-state index in [9.17, 15) is 0 Å². The van der Waals surface area contributed by atoms with Gasteiger partial charge in [0, 0.05) is 24.8 Å². The van der Waals surface area contributed by atoms with Crippen LogP contribution in [0.5, 0.6) is 0 Å². The summed E-state index contributed by atoms with van der Waals surface area (Å²) in [6.07, 6.45) is 3.84. The van der Waals surface area contributed by atoms with Gasteiger partial charge in [0.15, 0.2) is 0 Å². The van der Waals surface area contributed by atoms with E-state index in [1.54, 1.807) is 0 Å². The fourth-order valence-electron chi connectivity index (χ4n) is 3.34. The molecule has 3 heteroatoms. The first-order chi connectivity index (χ1) is 8.90. The number of hydrogen-bond acceptors (Lipinski definition) is 3. The summed E-state index contributed by atoms with van der Waals surface area (Å²) in [4.78, 5) is 2.59. The Hall–Kier alpha value is -0.670. The van der Waals surface area contributed by atoms with Crippen molar-refractivity contribution >= 4 is 17.4 Å². The quantitative estimate of drug-likeness (QED) is 0.907. The molecule has 2 nitrogen and oxygen atoms in total. The maximum absolute atomic E-state index is 6.09. The number of para-hydroxylation sites is 1. The third-order valence-electron chi connectivity index (χ3n) is 4.30. The molecule has 2 heterocycles. The van der Waals surface area contributed by atoms with Crippen molar-refractivity contribution in [2.75, 3.05) is 29.5 Å².